The second-order valence-electron chi connectivity index (χ2n) is 3.31. The first-order valence-corrected chi connectivity index (χ1v) is 4.23. The van der Waals surface area contributed by atoms with Gasteiger partial charge in [0.05, 0.1) is 18.7 Å². The van der Waals surface area contributed by atoms with E-state index in [0.717, 1.165) is 12.3 Å². The van der Waals surface area contributed by atoms with Gasteiger partial charge in [-0.15, -0.1) is 0 Å². The first-order chi connectivity index (χ1) is 6.25. The second kappa shape index (κ2) is 3.22. The molecule has 1 saturated heterocycles. The highest BCUT2D eigenvalue weighted by Crippen LogP contribution is 2.18. The van der Waals surface area contributed by atoms with Gasteiger partial charge in [0.1, 0.15) is 5.76 Å². The number of nitrogens with zero attached hydrogens (tertiary/aromatic N) is 1. The van der Waals surface area contributed by atoms with Crippen LogP contribution < -0.4 is 0 Å². The summed E-state index contributed by atoms with van der Waals surface area (Å²) in [5.74, 6) is 0.00879. The highest BCUT2D eigenvalue weighted by atomic mass is 16.4. The lowest BCUT2D eigenvalue weighted by Gasteiger charge is -2.35. The zero-order valence-electron chi connectivity index (χ0n) is 7.14. The Bertz CT molecular complexity index is 288. The number of rotatable bonds is 3. The fourth-order valence-electron chi connectivity index (χ4n) is 1.48. The molecule has 1 aliphatic heterocycles. The number of carboxylic acids is 1. The Kier molecular flexibility index (Phi) is 2.06. The standard InChI is InChI=1S/C9H11NO3/c11-9(12)7-4-10(5-7)6-8-2-1-3-13-8/h1-3,7H,4-6H2,(H,11,12). The summed E-state index contributed by atoms with van der Waals surface area (Å²) < 4.78 is 5.15. The van der Waals surface area contributed by atoms with Crippen molar-refractivity contribution in [3.8, 4) is 0 Å². The summed E-state index contributed by atoms with van der Waals surface area (Å²) in [4.78, 5) is 12.5. The maximum absolute atomic E-state index is 10.5. The molecule has 4 heteroatoms. The summed E-state index contributed by atoms with van der Waals surface area (Å²) in [6.07, 6.45) is 1.63. The van der Waals surface area contributed by atoms with Crippen molar-refractivity contribution in [2.24, 2.45) is 5.92 Å². The summed E-state index contributed by atoms with van der Waals surface area (Å²) >= 11 is 0. The van der Waals surface area contributed by atoms with Gasteiger partial charge in [0.15, 0.2) is 0 Å². The smallest absolute Gasteiger partial charge is 0.309 e. The van der Waals surface area contributed by atoms with Crippen molar-refractivity contribution in [3.63, 3.8) is 0 Å². The van der Waals surface area contributed by atoms with Gasteiger partial charge < -0.3 is 9.52 Å². The van der Waals surface area contributed by atoms with Gasteiger partial charge in [-0.25, -0.2) is 0 Å². The maximum atomic E-state index is 10.5. The number of carbonyl (C=O) groups is 1. The van der Waals surface area contributed by atoms with Gasteiger partial charge in [0.2, 0.25) is 0 Å². The molecule has 1 aromatic heterocycles. The molecule has 0 spiro atoms. The minimum Gasteiger partial charge on any atom is -0.481 e. The van der Waals surface area contributed by atoms with Crippen molar-refractivity contribution >= 4 is 5.97 Å². The number of carboxylic acid groups (broad SMARTS) is 1. The molecule has 0 amide bonds. The van der Waals surface area contributed by atoms with Crippen LogP contribution >= 0.6 is 0 Å². The molecule has 70 valence electrons. The van der Waals surface area contributed by atoms with Gasteiger partial charge in [-0.2, -0.15) is 0 Å². The first kappa shape index (κ1) is 8.31. The third-order valence-electron chi connectivity index (χ3n) is 2.27. The van der Waals surface area contributed by atoms with Crippen molar-refractivity contribution in [1.29, 1.82) is 0 Å². The van der Waals surface area contributed by atoms with E-state index in [9.17, 15) is 4.79 Å². The molecule has 0 aromatic carbocycles. The molecule has 13 heavy (non-hydrogen) atoms. The Labute approximate surface area is 75.8 Å². The highest BCUT2D eigenvalue weighted by Gasteiger charge is 2.32. The number of hydrogen-bond donors (Lipinski definition) is 1. The first-order valence-electron chi connectivity index (χ1n) is 4.23. The van der Waals surface area contributed by atoms with E-state index < -0.39 is 5.97 Å². The van der Waals surface area contributed by atoms with Gasteiger partial charge in [-0.05, 0) is 12.1 Å². The fraction of sp³-hybridized carbons (Fsp3) is 0.444. The van der Waals surface area contributed by atoms with Crippen LogP contribution in [-0.4, -0.2) is 29.1 Å². The molecule has 1 aromatic rings. The lowest BCUT2D eigenvalue weighted by Crippen LogP contribution is -2.49. The van der Waals surface area contributed by atoms with Crippen molar-refractivity contribution in [2.45, 2.75) is 6.54 Å². The summed E-state index contributed by atoms with van der Waals surface area (Å²) in [5, 5.41) is 8.63. The topological polar surface area (TPSA) is 53.7 Å². The summed E-state index contributed by atoms with van der Waals surface area (Å²) in [6, 6.07) is 3.73. The normalized spacial score (nSPS) is 18.5. The van der Waals surface area contributed by atoms with E-state index in [2.05, 4.69) is 4.90 Å². The largest absolute Gasteiger partial charge is 0.481 e. The molecule has 0 saturated carbocycles. The molecule has 0 bridgehead atoms. The minimum absolute atomic E-state index is 0.185. The molecular formula is C9H11NO3. The number of furan rings is 1. The van der Waals surface area contributed by atoms with Crippen molar-refractivity contribution in [3.05, 3.63) is 24.2 Å². The van der Waals surface area contributed by atoms with Crippen molar-refractivity contribution in [2.75, 3.05) is 13.1 Å². The van der Waals surface area contributed by atoms with Crippen LogP contribution in [0.2, 0.25) is 0 Å². The summed E-state index contributed by atoms with van der Waals surface area (Å²) in [6.45, 7) is 1.99. The van der Waals surface area contributed by atoms with Crippen LogP contribution in [0, 0.1) is 5.92 Å². The van der Waals surface area contributed by atoms with Crippen LogP contribution in [0.5, 0.6) is 0 Å². The van der Waals surface area contributed by atoms with E-state index in [1.165, 1.54) is 0 Å². The lowest BCUT2D eigenvalue weighted by molar-refractivity contribution is -0.147. The van der Waals surface area contributed by atoms with E-state index in [1.807, 2.05) is 12.1 Å². The van der Waals surface area contributed by atoms with Crippen LogP contribution in [0.3, 0.4) is 0 Å². The lowest BCUT2D eigenvalue weighted by atomic mass is 10.0. The van der Waals surface area contributed by atoms with Crippen LogP contribution in [0.4, 0.5) is 0 Å². The minimum atomic E-state index is -0.698. The van der Waals surface area contributed by atoms with Crippen LogP contribution in [-0.2, 0) is 11.3 Å². The molecule has 2 rings (SSSR count). The summed E-state index contributed by atoms with van der Waals surface area (Å²) in [5.41, 5.74) is 0. The van der Waals surface area contributed by atoms with Crippen LogP contribution in [0.25, 0.3) is 0 Å². The van der Waals surface area contributed by atoms with Gasteiger partial charge in [-0.3, -0.25) is 9.69 Å². The van der Waals surface area contributed by atoms with E-state index in [-0.39, 0.29) is 5.92 Å². The third-order valence-corrected chi connectivity index (χ3v) is 2.27. The Hall–Kier alpha value is -1.29. The number of likely N-dealkylation sites (tertiary alicyclic amines) is 1. The van der Waals surface area contributed by atoms with Gasteiger partial charge >= 0.3 is 5.97 Å². The second-order valence-corrected chi connectivity index (χ2v) is 3.31. The molecule has 0 radical (unpaired) electrons. The molecule has 0 atom stereocenters. The molecule has 1 N–H and O–H groups in total. The molecule has 1 fully saturated rings. The van der Waals surface area contributed by atoms with Gasteiger partial charge in [0, 0.05) is 13.1 Å². The highest BCUT2D eigenvalue weighted by molar-refractivity contribution is 5.71. The number of hydrogen-bond acceptors (Lipinski definition) is 3. The third kappa shape index (κ3) is 1.72. The Morgan fingerprint density at radius 3 is 3.00 bits per heavy atom. The predicted octanol–water partition coefficient (Wildman–Crippen LogP) is 0.796. The average molecular weight is 181 g/mol. The maximum Gasteiger partial charge on any atom is 0.309 e. The van der Waals surface area contributed by atoms with Crippen molar-refractivity contribution < 1.29 is 14.3 Å². The van der Waals surface area contributed by atoms with E-state index in [0.29, 0.717) is 13.1 Å². The Morgan fingerprint density at radius 1 is 1.69 bits per heavy atom. The predicted molar refractivity (Wildman–Crippen MR) is 45.1 cm³/mol. The molecule has 0 aliphatic carbocycles. The summed E-state index contributed by atoms with van der Waals surface area (Å²) in [7, 11) is 0. The van der Waals surface area contributed by atoms with Crippen LogP contribution in [0.15, 0.2) is 22.8 Å². The Morgan fingerprint density at radius 2 is 2.46 bits per heavy atom. The molecule has 0 unspecified atom stereocenters. The zero-order chi connectivity index (χ0) is 9.26. The van der Waals surface area contributed by atoms with Crippen molar-refractivity contribution in [1.82, 2.24) is 4.90 Å². The van der Waals surface area contributed by atoms with E-state index in [4.69, 9.17) is 9.52 Å². The zero-order valence-corrected chi connectivity index (χ0v) is 7.14. The van der Waals surface area contributed by atoms with E-state index in [1.54, 1.807) is 6.26 Å². The SMILES string of the molecule is O=C(O)C1CN(Cc2ccco2)C1. The molecule has 2 heterocycles. The van der Waals surface area contributed by atoms with Gasteiger partial charge in [0.25, 0.3) is 0 Å². The monoisotopic (exact) mass is 181 g/mol. The van der Waals surface area contributed by atoms with E-state index >= 15 is 0 Å². The molecular weight excluding hydrogens is 170 g/mol. The van der Waals surface area contributed by atoms with Gasteiger partial charge in [-0.1, -0.05) is 0 Å². The number of aliphatic carboxylic acids is 1. The van der Waals surface area contributed by atoms with Crippen LogP contribution in [0.1, 0.15) is 5.76 Å². The average Bonchev–Trinajstić information content (AvgIpc) is 2.46. The fourth-order valence-corrected chi connectivity index (χ4v) is 1.48. The Balaban J connectivity index is 1.79. The quantitative estimate of drug-likeness (QED) is 0.749. The molecule has 4 nitrogen and oxygen atoms in total. The molecule has 1 aliphatic rings.